The van der Waals surface area contributed by atoms with E-state index >= 15 is 0 Å². The Morgan fingerprint density at radius 3 is 2.50 bits per heavy atom. The molecule has 0 spiro atoms. The summed E-state index contributed by atoms with van der Waals surface area (Å²) in [5.74, 6) is 1.03. The van der Waals surface area contributed by atoms with Gasteiger partial charge in [0.05, 0.1) is 5.57 Å². The molecule has 1 atom stereocenters. The van der Waals surface area contributed by atoms with Gasteiger partial charge in [-0.15, -0.1) is 0 Å². The number of allylic oxidation sites excluding steroid dienone is 2. The summed E-state index contributed by atoms with van der Waals surface area (Å²) >= 11 is 0. The summed E-state index contributed by atoms with van der Waals surface area (Å²) in [6.45, 7) is 5.00. The molecule has 1 aliphatic carbocycles. The number of rotatable bonds is 8. The highest BCUT2D eigenvalue weighted by atomic mass is 16.5. The van der Waals surface area contributed by atoms with Crippen molar-refractivity contribution in [3.8, 4) is 5.75 Å². The number of hydrogen-bond donors (Lipinski definition) is 2. The van der Waals surface area contributed by atoms with Crippen LogP contribution in [0, 0.1) is 6.92 Å². The molecule has 38 heavy (non-hydrogen) atoms. The van der Waals surface area contributed by atoms with Gasteiger partial charge in [-0.3, -0.25) is 9.79 Å². The first-order valence-corrected chi connectivity index (χ1v) is 13.3. The molecule has 1 unspecified atom stereocenters. The van der Waals surface area contributed by atoms with Gasteiger partial charge in [-0.05, 0) is 60.6 Å². The van der Waals surface area contributed by atoms with Crippen molar-refractivity contribution < 1.29 is 14.6 Å². The van der Waals surface area contributed by atoms with Gasteiger partial charge in [0.25, 0.3) is 0 Å². The zero-order valence-corrected chi connectivity index (χ0v) is 22.0. The van der Waals surface area contributed by atoms with Crippen LogP contribution in [0.15, 0.2) is 95.2 Å². The second kappa shape index (κ2) is 11.5. The molecule has 1 fully saturated rings. The molecule has 0 radical (unpaired) electrons. The first kappa shape index (κ1) is 25.5. The number of carbonyl (C=O) groups excluding carboxylic acids is 1. The van der Waals surface area contributed by atoms with Gasteiger partial charge in [0.1, 0.15) is 18.1 Å². The fourth-order valence-electron chi connectivity index (χ4n) is 5.32. The molecule has 3 aromatic carbocycles. The van der Waals surface area contributed by atoms with Crippen LogP contribution >= 0.6 is 0 Å². The minimum absolute atomic E-state index is 0.0216. The van der Waals surface area contributed by atoms with E-state index in [9.17, 15) is 9.90 Å². The number of ether oxygens (including phenoxy) is 1. The number of nitrogens with zero attached hydrogens (tertiary/aromatic N) is 1. The van der Waals surface area contributed by atoms with Crippen LogP contribution in [0.1, 0.15) is 54.5 Å². The third-order valence-electron chi connectivity index (χ3n) is 7.34. The topological polar surface area (TPSA) is 74.7 Å². The molecule has 0 bridgehead atoms. The normalized spacial score (nSPS) is 18.2. The Balaban J connectivity index is 1.37. The van der Waals surface area contributed by atoms with Gasteiger partial charge in [0.2, 0.25) is 0 Å². The molecule has 5 heteroatoms. The molecule has 1 saturated carbocycles. The molecule has 1 aromatic heterocycles. The minimum Gasteiger partial charge on any atom is -0.512 e. The van der Waals surface area contributed by atoms with E-state index in [1.165, 1.54) is 5.56 Å². The highest BCUT2D eigenvalue weighted by molar-refractivity contribution is 6.24. The van der Waals surface area contributed by atoms with Crippen molar-refractivity contribution in [1.29, 1.82) is 0 Å². The van der Waals surface area contributed by atoms with E-state index in [0.717, 1.165) is 45.6 Å². The Hall–Kier alpha value is -4.12. The molecular weight excluding hydrogens is 472 g/mol. The van der Waals surface area contributed by atoms with Crippen LogP contribution in [0.3, 0.4) is 0 Å². The zero-order chi connectivity index (χ0) is 26.5. The Labute approximate surface area is 223 Å². The lowest BCUT2D eigenvalue weighted by Crippen LogP contribution is -2.27. The summed E-state index contributed by atoms with van der Waals surface area (Å²) in [7, 11) is 0. The molecule has 0 amide bonds. The van der Waals surface area contributed by atoms with E-state index < -0.39 is 0 Å². The fourth-order valence-corrected chi connectivity index (χ4v) is 5.32. The third-order valence-corrected chi connectivity index (χ3v) is 7.34. The van der Waals surface area contributed by atoms with Gasteiger partial charge >= 0.3 is 0 Å². The van der Waals surface area contributed by atoms with Crippen molar-refractivity contribution in [2.45, 2.75) is 52.1 Å². The van der Waals surface area contributed by atoms with Crippen LogP contribution in [0.2, 0.25) is 0 Å². The number of aliphatic imine (C=N–C) groups is 1. The van der Waals surface area contributed by atoms with E-state index in [2.05, 4.69) is 48.3 Å². The van der Waals surface area contributed by atoms with Crippen molar-refractivity contribution in [2.24, 2.45) is 4.99 Å². The van der Waals surface area contributed by atoms with Crippen molar-refractivity contribution in [1.82, 2.24) is 4.98 Å². The van der Waals surface area contributed by atoms with E-state index in [1.54, 1.807) is 0 Å². The van der Waals surface area contributed by atoms with E-state index in [1.807, 2.05) is 49.4 Å². The largest absolute Gasteiger partial charge is 0.512 e. The standard InChI is InChI=1S/C33H34N2O3/c1-3-31(36)33-30(18-25(19-32(33)37)24-12-8-5-9-13-24)34-17-16-27-22(2)35-29-15-14-26(20-28(27)29)38-21-23-10-6-4-7-11-23/h4-15,20,25,35-36H,3,16-19,21H2,1-2H3/b33-31+,34-30?. The molecule has 1 aliphatic rings. The van der Waals surface area contributed by atoms with E-state index in [0.29, 0.717) is 38.0 Å². The highest BCUT2D eigenvalue weighted by Gasteiger charge is 2.31. The van der Waals surface area contributed by atoms with Crippen molar-refractivity contribution in [3.63, 3.8) is 0 Å². The Morgan fingerprint density at radius 1 is 1.03 bits per heavy atom. The Kier molecular flexibility index (Phi) is 7.73. The maximum absolute atomic E-state index is 13.1. The zero-order valence-electron chi connectivity index (χ0n) is 22.0. The highest BCUT2D eigenvalue weighted by Crippen LogP contribution is 2.34. The first-order valence-electron chi connectivity index (χ1n) is 13.3. The van der Waals surface area contributed by atoms with Gasteiger partial charge in [-0.25, -0.2) is 0 Å². The lowest BCUT2D eigenvalue weighted by Gasteiger charge is -2.26. The molecule has 5 rings (SSSR count). The average Bonchev–Trinajstić information content (AvgIpc) is 3.26. The SMILES string of the molecule is CC/C(O)=C1\C(=O)CC(c2ccccc2)CC1=NCCc1c(C)[nH]c2ccc(OCc3ccccc3)cc12. The number of nitrogens with one attached hydrogen (secondary N) is 1. The van der Waals surface area contributed by atoms with Crippen LogP contribution < -0.4 is 4.74 Å². The lowest BCUT2D eigenvalue weighted by atomic mass is 9.79. The summed E-state index contributed by atoms with van der Waals surface area (Å²) in [6, 6.07) is 26.4. The molecule has 194 valence electrons. The number of H-pyrrole nitrogens is 1. The predicted octanol–water partition coefficient (Wildman–Crippen LogP) is 7.41. The summed E-state index contributed by atoms with van der Waals surface area (Å²) < 4.78 is 6.07. The second-order valence-corrected chi connectivity index (χ2v) is 9.90. The monoisotopic (exact) mass is 506 g/mol. The van der Waals surface area contributed by atoms with Gasteiger partial charge in [-0.2, -0.15) is 0 Å². The summed E-state index contributed by atoms with van der Waals surface area (Å²) in [4.78, 5) is 21.5. The molecule has 0 saturated heterocycles. The quantitative estimate of drug-likeness (QED) is 0.193. The summed E-state index contributed by atoms with van der Waals surface area (Å²) in [5, 5.41) is 11.7. The molecule has 2 N–H and O–H groups in total. The van der Waals surface area contributed by atoms with Crippen LogP contribution in [0.25, 0.3) is 10.9 Å². The van der Waals surface area contributed by atoms with E-state index in [4.69, 9.17) is 9.73 Å². The summed E-state index contributed by atoms with van der Waals surface area (Å²) in [6.07, 6.45) is 2.19. The summed E-state index contributed by atoms with van der Waals surface area (Å²) in [5.41, 5.74) is 6.78. The van der Waals surface area contributed by atoms with Crippen LogP contribution in [0.5, 0.6) is 5.75 Å². The molecule has 1 heterocycles. The van der Waals surface area contributed by atoms with Gasteiger partial charge in [-0.1, -0.05) is 67.6 Å². The average molecular weight is 507 g/mol. The number of aromatic nitrogens is 1. The number of aliphatic hydroxyl groups is 1. The van der Waals surface area contributed by atoms with E-state index in [-0.39, 0.29) is 17.5 Å². The molecule has 0 aliphatic heterocycles. The van der Waals surface area contributed by atoms with Gasteiger partial charge < -0.3 is 14.8 Å². The number of aryl methyl sites for hydroxylation is 1. The lowest BCUT2D eigenvalue weighted by molar-refractivity contribution is -0.115. The number of ketones is 1. The fraction of sp³-hybridized carbons (Fsp3) is 0.273. The Morgan fingerprint density at radius 2 is 1.76 bits per heavy atom. The first-order chi connectivity index (χ1) is 18.5. The number of Topliss-reactive ketones (excluding diaryl/α,β-unsaturated/α-hetero) is 1. The van der Waals surface area contributed by atoms with Gasteiger partial charge in [0.15, 0.2) is 5.78 Å². The number of hydrogen-bond acceptors (Lipinski definition) is 4. The molecule has 5 nitrogen and oxygen atoms in total. The molecule has 4 aromatic rings. The van der Waals surface area contributed by atoms with Crippen LogP contribution in [0.4, 0.5) is 0 Å². The van der Waals surface area contributed by atoms with Crippen molar-refractivity contribution in [3.05, 3.63) is 113 Å². The number of carbonyl (C=O) groups is 1. The number of aliphatic hydroxyl groups excluding tert-OH is 1. The minimum atomic E-state index is -0.0216. The van der Waals surface area contributed by atoms with Gasteiger partial charge in [0, 0.05) is 41.7 Å². The van der Waals surface area contributed by atoms with Crippen LogP contribution in [-0.4, -0.2) is 28.1 Å². The third kappa shape index (κ3) is 5.57. The maximum atomic E-state index is 13.1. The number of benzene rings is 3. The van der Waals surface area contributed by atoms with Crippen molar-refractivity contribution >= 4 is 22.4 Å². The van der Waals surface area contributed by atoms with Crippen LogP contribution in [-0.2, 0) is 17.8 Å². The maximum Gasteiger partial charge on any atom is 0.168 e. The second-order valence-electron chi connectivity index (χ2n) is 9.90. The van der Waals surface area contributed by atoms with Crippen molar-refractivity contribution in [2.75, 3.05) is 6.54 Å². The smallest absolute Gasteiger partial charge is 0.168 e. The Bertz CT molecular complexity index is 1480. The number of fused-ring (bicyclic) bond motifs is 1. The predicted molar refractivity (Wildman–Crippen MR) is 153 cm³/mol. The number of aromatic amines is 1. The molecular formula is C33H34N2O3.